The molecule has 0 bridgehead atoms. The van der Waals surface area contributed by atoms with E-state index in [2.05, 4.69) is 16.9 Å². The number of urea groups is 1. The number of thioether (sulfide) groups is 1. The van der Waals surface area contributed by atoms with Crippen LogP contribution < -0.4 is 10.6 Å². The molecule has 5 nitrogen and oxygen atoms in total. The van der Waals surface area contributed by atoms with E-state index in [0.29, 0.717) is 5.25 Å². The fourth-order valence-corrected chi connectivity index (χ4v) is 3.20. The molecule has 0 heterocycles. The summed E-state index contributed by atoms with van der Waals surface area (Å²) in [5.41, 5.74) is 0. The lowest BCUT2D eigenvalue weighted by atomic mass is 9.95. The predicted molar refractivity (Wildman–Crippen MR) is 77.5 cm³/mol. The first-order valence-electron chi connectivity index (χ1n) is 6.76. The third-order valence-corrected chi connectivity index (χ3v) is 4.61. The lowest BCUT2D eigenvalue weighted by molar-refractivity contribution is -0.140. The van der Waals surface area contributed by atoms with Crippen molar-refractivity contribution in [2.24, 2.45) is 5.92 Å². The standard InChI is InChI=1S/C13H24N2O3S/c1-8(2)11(12(16)17)15-13(18)14-9-5-4-6-10(7-9)19-3/h8-11H,4-7H2,1-3H3,(H,16,17)(H2,14,15,18). The largest absolute Gasteiger partial charge is 0.480 e. The molecular formula is C13H24N2O3S. The zero-order valence-electron chi connectivity index (χ0n) is 11.8. The van der Waals surface area contributed by atoms with Crippen LogP contribution in [-0.4, -0.2) is 40.7 Å². The summed E-state index contributed by atoms with van der Waals surface area (Å²) in [6.45, 7) is 3.56. The van der Waals surface area contributed by atoms with E-state index in [1.807, 2.05) is 11.8 Å². The van der Waals surface area contributed by atoms with Crippen LogP contribution in [0.4, 0.5) is 4.79 Å². The normalized spacial score (nSPS) is 24.8. The second-order valence-corrected chi connectivity index (χ2v) is 6.54. The van der Waals surface area contributed by atoms with Crippen molar-refractivity contribution in [3.8, 4) is 0 Å². The first-order valence-corrected chi connectivity index (χ1v) is 8.05. The first-order chi connectivity index (χ1) is 8.93. The Morgan fingerprint density at radius 1 is 1.32 bits per heavy atom. The molecule has 1 aliphatic rings. The smallest absolute Gasteiger partial charge is 0.326 e. The van der Waals surface area contributed by atoms with Crippen LogP contribution in [0, 0.1) is 5.92 Å². The van der Waals surface area contributed by atoms with Crippen molar-refractivity contribution in [2.45, 2.75) is 56.9 Å². The number of carbonyl (C=O) groups is 2. The molecule has 2 amide bonds. The maximum Gasteiger partial charge on any atom is 0.326 e. The number of hydrogen-bond acceptors (Lipinski definition) is 3. The summed E-state index contributed by atoms with van der Waals surface area (Å²) in [5, 5.41) is 15.1. The highest BCUT2D eigenvalue weighted by Gasteiger charge is 2.26. The van der Waals surface area contributed by atoms with Gasteiger partial charge in [0.25, 0.3) is 0 Å². The molecule has 1 aliphatic carbocycles. The van der Waals surface area contributed by atoms with Crippen LogP contribution in [0.25, 0.3) is 0 Å². The van der Waals surface area contributed by atoms with E-state index in [1.165, 1.54) is 6.42 Å². The number of amides is 2. The number of carboxylic acid groups (broad SMARTS) is 1. The highest BCUT2D eigenvalue weighted by Crippen LogP contribution is 2.26. The zero-order valence-corrected chi connectivity index (χ0v) is 12.6. The van der Waals surface area contributed by atoms with Crippen LogP contribution in [0.2, 0.25) is 0 Å². The summed E-state index contributed by atoms with van der Waals surface area (Å²) >= 11 is 1.83. The van der Waals surface area contributed by atoms with Gasteiger partial charge in [0.15, 0.2) is 0 Å². The molecule has 0 radical (unpaired) electrons. The number of carbonyl (C=O) groups excluding carboxylic acids is 1. The van der Waals surface area contributed by atoms with Crippen molar-refractivity contribution in [3.05, 3.63) is 0 Å². The molecule has 3 unspecified atom stereocenters. The van der Waals surface area contributed by atoms with Gasteiger partial charge in [0.1, 0.15) is 6.04 Å². The van der Waals surface area contributed by atoms with E-state index in [0.717, 1.165) is 19.3 Å². The van der Waals surface area contributed by atoms with E-state index >= 15 is 0 Å². The van der Waals surface area contributed by atoms with Gasteiger partial charge in [-0.05, 0) is 31.4 Å². The number of aliphatic carboxylic acids is 1. The molecule has 6 heteroatoms. The van der Waals surface area contributed by atoms with Crippen LogP contribution >= 0.6 is 11.8 Å². The molecule has 3 N–H and O–H groups in total. The summed E-state index contributed by atoms with van der Waals surface area (Å²) in [6.07, 6.45) is 6.35. The molecule has 3 atom stereocenters. The fourth-order valence-electron chi connectivity index (χ4n) is 2.37. The molecule has 110 valence electrons. The van der Waals surface area contributed by atoms with Crippen molar-refractivity contribution in [2.75, 3.05) is 6.26 Å². The molecule has 0 aromatic rings. The highest BCUT2D eigenvalue weighted by molar-refractivity contribution is 7.99. The van der Waals surface area contributed by atoms with Crippen molar-refractivity contribution in [1.82, 2.24) is 10.6 Å². The molecule has 1 rings (SSSR count). The summed E-state index contributed by atoms with van der Waals surface area (Å²) < 4.78 is 0. The lowest BCUT2D eigenvalue weighted by Crippen LogP contribution is -2.51. The van der Waals surface area contributed by atoms with Crippen molar-refractivity contribution in [3.63, 3.8) is 0 Å². The minimum Gasteiger partial charge on any atom is -0.480 e. The van der Waals surface area contributed by atoms with Gasteiger partial charge in [-0.15, -0.1) is 0 Å². The van der Waals surface area contributed by atoms with Gasteiger partial charge in [0.2, 0.25) is 0 Å². The second kappa shape index (κ2) is 7.62. The molecule has 1 saturated carbocycles. The minimum atomic E-state index is -0.990. The molecule has 0 spiro atoms. The third kappa shape index (κ3) is 5.30. The first kappa shape index (κ1) is 16.1. The molecule has 1 fully saturated rings. The number of carboxylic acids is 1. The fraction of sp³-hybridized carbons (Fsp3) is 0.846. The van der Waals surface area contributed by atoms with Gasteiger partial charge in [-0.3, -0.25) is 0 Å². The molecule has 0 aliphatic heterocycles. The predicted octanol–water partition coefficient (Wildman–Crippen LogP) is 2.07. The second-order valence-electron chi connectivity index (χ2n) is 5.40. The molecule has 0 saturated heterocycles. The Kier molecular flexibility index (Phi) is 6.48. The van der Waals surface area contributed by atoms with Crippen molar-refractivity contribution < 1.29 is 14.7 Å². The maximum atomic E-state index is 11.8. The van der Waals surface area contributed by atoms with Crippen molar-refractivity contribution in [1.29, 1.82) is 0 Å². The van der Waals surface area contributed by atoms with Crippen LogP contribution in [0.5, 0.6) is 0 Å². The Balaban J connectivity index is 2.43. The third-order valence-electron chi connectivity index (χ3n) is 3.51. The zero-order chi connectivity index (χ0) is 14.4. The number of nitrogens with one attached hydrogen (secondary N) is 2. The molecule has 0 aromatic heterocycles. The Bertz CT molecular complexity index is 323. The quantitative estimate of drug-likeness (QED) is 0.723. The Labute approximate surface area is 118 Å². The molecule has 19 heavy (non-hydrogen) atoms. The van der Waals surface area contributed by atoms with Crippen LogP contribution in [0.3, 0.4) is 0 Å². The lowest BCUT2D eigenvalue weighted by Gasteiger charge is -2.29. The summed E-state index contributed by atoms with van der Waals surface area (Å²) in [5.74, 6) is -1.12. The van der Waals surface area contributed by atoms with Gasteiger partial charge >= 0.3 is 12.0 Å². The Morgan fingerprint density at radius 2 is 2.00 bits per heavy atom. The maximum absolute atomic E-state index is 11.8. The Hall–Kier alpha value is -0.910. The van der Waals surface area contributed by atoms with Gasteiger partial charge in [-0.25, -0.2) is 9.59 Å². The van der Waals surface area contributed by atoms with Gasteiger partial charge < -0.3 is 15.7 Å². The van der Waals surface area contributed by atoms with Crippen LogP contribution in [0.1, 0.15) is 39.5 Å². The van der Waals surface area contributed by atoms with Crippen LogP contribution in [0.15, 0.2) is 0 Å². The summed E-state index contributed by atoms with van der Waals surface area (Å²) in [4.78, 5) is 22.9. The Morgan fingerprint density at radius 3 is 2.53 bits per heavy atom. The van der Waals surface area contributed by atoms with Gasteiger partial charge in [-0.1, -0.05) is 20.3 Å². The van der Waals surface area contributed by atoms with Crippen LogP contribution in [-0.2, 0) is 4.79 Å². The van der Waals surface area contributed by atoms with Gasteiger partial charge in [-0.2, -0.15) is 11.8 Å². The summed E-state index contributed by atoms with van der Waals surface area (Å²) in [6, 6.07) is -1.04. The molecular weight excluding hydrogens is 264 g/mol. The topological polar surface area (TPSA) is 78.4 Å². The van der Waals surface area contributed by atoms with E-state index in [-0.39, 0.29) is 18.0 Å². The van der Waals surface area contributed by atoms with E-state index in [4.69, 9.17) is 5.11 Å². The van der Waals surface area contributed by atoms with Crippen molar-refractivity contribution >= 4 is 23.8 Å². The average molecular weight is 288 g/mol. The highest BCUT2D eigenvalue weighted by atomic mass is 32.2. The number of hydrogen-bond donors (Lipinski definition) is 3. The average Bonchev–Trinajstić information content (AvgIpc) is 2.35. The van der Waals surface area contributed by atoms with Gasteiger partial charge in [0.05, 0.1) is 0 Å². The minimum absolute atomic E-state index is 0.131. The van der Waals surface area contributed by atoms with E-state index in [9.17, 15) is 9.59 Å². The summed E-state index contributed by atoms with van der Waals surface area (Å²) in [7, 11) is 0. The monoisotopic (exact) mass is 288 g/mol. The number of rotatable bonds is 5. The van der Waals surface area contributed by atoms with Gasteiger partial charge in [0, 0.05) is 11.3 Å². The SMILES string of the molecule is CSC1CCCC(NC(=O)NC(C(=O)O)C(C)C)C1. The van der Waals surface area contributed by atoms with E-state index < -0.39 is 12.0 Å². The molecule has 0 aromatic carbocycles. The van der Waals surface area contributed by atoms with E-state index in [1.54, 1.807) is 13.8 Å².